The van der Waals surface area contributed by atoms with Crippen LogP contribution in [0.4, 0.5) is 0 Å². The van der Waals surface area contributed by atoms with Gasteiger partial charge in [-0.1, -0.05) is 34.1 Å². The van der Waals surface area contributed by atoms with E-state index >= 15 is 0 Å². The van der Waals surface area contributed by atoms with Crippen molar-refractivity contribution in [2.75, 3.05) is 7.11 Å². The molecule has 0 saturated carbocycles. The molecule has 0 fully saturated rings. The monoisotopic (exact) mass is 308 g/mol. The molecule has 0 unspecified atom stereocenters. The van der Waals surface area contributed by atoms with Crippen LogP contribution in [0.25, 0.3) is 0 Å². The van der Waals surface area contributed by atoms with Gasteiger partial charge in [0.2, 0.25) is 0 Å². The lowest BCUT2D eigenvalue weighted by Crippen LogP contribution is -2.14. The van der Waals surface area contributed by atoms with Crippen molar-refractivity contribution < 1.29 is 9.53 Å². The highest BCUT2D eigenvalue weighted by molar-refractivity contribution is 9.10. The minimum Gasteiger partial charge on any atom is -0.464 e. The maximum atomic E-state index is 11.6. The fraction of sp³-hybridized carbons (Fsp3) is 0.231. The predicted octanol–water partition coefficient (Wildman–Crippen LogP) is 3.04. The van der Waals surface area contributed by atoms with Crippen molar-refractivity contribution in [2.45, 2.75) is 13.0 Å². The molecule has 18 heavy (non-hydrogen) atoms. The van der Waals surface area contributed by atoms with Crippen LogP contribution < -0.4 is 0 Å². The minimum absolute atomic E-state index is 0.00262. The van der Waals surface area contributed by atoms with E-state index in [1.54, 1.807) is 10.9 Å². The summed E-state index contributed by atoms with van der Waals surface area (Å²) >= 11 is 3.51. The molecular formula is C13H13BrN2O2. The van der Waals surface area contributed by atoms with Crippen LogP contribution in [0.2, 0.25) is 0 Å². The number of methoxy groups -OCH3 is 1. The summed E-state index contributed by atoms with van der Waals surface area (Å²) in [6, 6.07) is 7.90. The number of imidazole rings is 1. The number of halogens is 1. The van der Waals surface area contributed by atoms with Gasteiger partial charge in [-0.15, -0.1) is 0 Å². The Hall–Kier alpha value is -1.62. The van der Waals surface area contributed by atoms with E-state index in [1.165, 1.54) is 13.3 Å². The molecule has 0 amide bonds. The van der Waals surface area contributed by atoms with Crippen molar-refractivity contribution >= 4 is 21.9 Å². The first-order chi connectivity index (χ1) is 8.65. The zero-order chi connectivity index (χ0) is 13.1. The molecular weight excluding hydrogens is 296 g/mol. The second-order valence-corrected chi connectivity index (χ2v) is 4.73. The molecule has 5 heteroatoms. The SMILES string of the molecule is COC(=O)c1cncn1[C@@H](C)c1ccccc1Br. The van der Waals surface area contributed by atoms with Gasteiger partial charge in [0.1, 0.15) is 5.69 Å². The first-order valence-electron chi connectivity index (χ1n) is 5.49. The van der Waals surface area contributed by atoms with Crippen molar-refractivity contribution in [2.24, 2.45) is 0 Å². The highest BCUT2D eigenvalue weighted by Crippen LogP contribution is 2.26. The van der Waals surface area contributed by atoms with E-state index in [4.69, 9.17) is 4.74 Å². The number of rotatable bonds is 3. The molecule has 0 spiro atoms. The highest BCUT2D eigenvalue weighted by Gasteiger charge is 2.18. The van der Waals surface area contributed by atoms with Crippen molar-refractivity contribution in [3.05, 3.63) is 52.5 Å². The smallest absolute Gasteiger partial charge is 0.356 e. The molecule has 4 nitrogen and oxygen atoms in total. The number of hydrogen-bond donors (Lipinski definition) is 0. The number of aromatic nitrogens is 2. The maximum Gasteiger partial charge on any atom is 0.356 e. The lowest BCUT2D eigenvalue weighted by molar-refractivity contribution is 0.0587. The first kappa shape index (κ1) is 12.8. The molecule has 0 aliphatic heterocycles. The zero-order valence-corrected chi connectivity index (χ0v) is 11.7. The Labute approximate surface area is 114 Å². The number of carbonyl (C=O) groups is 1. The van der Waals surface area contributed by atoms with Gasteiger partial charge < -0.3 is 9.30 Å². The topological polar surface area (TPSA) is 44.1 Å². The van der Waals surface area contributed by atoms with Gasteiger partial charge in [-0.25, -0.2) is 9.78 Å². The van der Waals surface area contributed by atoms with Gasteiger partial charge in [-0.3, -0.25) is 0 Å². The van der Waals surface area contributed by atoms with Crippen LogP contribution >= 0.6 is 15.9 Å². The van der Waals surface area contributed by atoms with Crippen molar-refractivity contribution in [1.82, 2.24) is 9.55 Å². The van der Waals surface area contributed by atoms with E-state index in [-0.39, 0.29) is 12.0 Å². The van der Waals surface area contributed by atoms with Crippen LogP contribution in [0.15, 0.2) is 41.3 Å². The Kier molecular flexibility index (Phi) is 3.81. The van der Waals surface area contributed by atoms with E-state index < -0.39 is 0 Å². The maximum absolute atomic E-state index is 11.6. The quantitative estimate of drug-likeness (QED) is 0.819. The van der Waals surface area contributed by atoms with Crippen molar-refractivity contribution in [3.8, 4) is 0 Å². The van der Waals surface area contributed by atoms with Gasteiger partial charge in [0.05, 0.1) is 25.7 Å². The predicted molar refractivity (Wildman–Crippen MR) is 71.5 cm³/mol. The van der Waals surface area contributed by atoms with Crippen LogP contribution in [-0.4, -0.2) is 22.6 Å². The fourth-order valence-corrected chi connectivity index (χ4v) is 2.46. The second kappa shape index (κ2) is 5.35. The van der Waals surface area contributed by atoms with E-state index in [1.807, 2.05) is 31.2 Å². The van der Waals surface area contributed by atoms with Crippen molar-refractivity contribution in [1.29, 1.82) is 0 Å². The van der Waals surface area contributed by atoms with Gasteiger partial charge in [-0.05, 0) is 18.6 Å². The highest BCUT2D eigenvalue weighted by atomic mass is 79.9. The minimum atomic E-state index is -0.383. The Bertz CT molecular complexity index is 566. The molecule has 1 heterocycles. The number of esters is 1. The molecule has 1 aromatic carbocycles. The Balaban J connectivity index is 2.41. The van der Waals surface area contributed by atoms with E-state index in [0.29, 0.717) is 5.69 Å². The molecule has 0 radical (unpaired) electrons. The van der Waals surface area contributed by atoms with Crippen LogP contribution in [-0.2, 0) is 4.74 Å². The Morgan fingerprint density at radius 2 is 2.17 bits per heavy atom. The van der Waals surface area contributed by atoms with Gasteiger partial charge in [0, 0.05) is 4.47 Å². The number of benzene rings is 1. The Morgan fingerprint density at radius 1 is 1.44 bits per heavy atom. The number of ether oxygens (including phenoxy) is 1. The summed E-state index contributed by atoms with van der Waals surface area (Å²) in [6.45, 7) is 2.01. The van der Waals surface area contributed by atoms with Crippen LogP contribution in [0.3, 0.4) is 0 Å². The molecule has 0 N–H and O–H groups in total. The normalized spacial score (nSPS) is 12.2. The molecule has 0 bridgehead atoms. The lowest BCUT2D eigenvalue weighted by Gasteiger charge is -2.17. The molecule has 2 aromatic rings. The lowest BCUT2D eigenvalue weighted by atomic mass is 10.1. The van der Waals surface area contributed by atoms with Crippen molar-refractivity contribution in [3.63, 3.8) is 0 Å². The molecule has 94 valence electrons. The number of carbonyl (C=O) groups excluding carboxylic acids is 1. The largest absolute Gasteiger partial charge is 0.464 e. The zero-order valence-electron chi connectivity index (χ0n) is 10.1. The summed E-state index contributed by atoms with van der Waals surface area (Å²) in [5, 5.41) is 0. The van der Waals surface area contributed by atoms with Gasteiger partial charge in [-0.2, -0.15) is 0 Å². The van der Waals surface area contributed by atoms with Crippen LogP contribution in [0.5, 0.6) is 0 Å². The summed E-state index contributed by atoms with van der Waals surface area (Å²) in [5.41, 5.74) is 1.53. The third-order valence-corrected chi connectivity index (χ3v) is 3.56. The first-order valence-corrected chi connectivity index (χ1v) is 6.29. The second-order valence-electron chi connectivity index (χ2n) is 3.88. The van der Waals surface area contributed by atoms with E-state index in [9.17, 15) is 4.79 Å². The standard InChI is InChI=1S/C13H13BrN2O2/c1-9(10-5-3-4-6-11(10)14)16-8-15-7-12(16)13(17)18-2/h3-9H,1-2H3/t9-/m0/s1. The molecule has 0 saturated heterocycles. The number of hydrogen-bond acceptors (Lipinski definition) is 3. The summed E-state index contributed by atoms with van der Waals surface area (Å²) in [6.07, 6.45) is 3.15. The molecule has 2 rings (SSSR count). The third-order valence-electron chi connectivity index (χ3n) is 2.83. The third kappa shape index (κ3) is 2.31. The average molecular weight is 309 g/mol. The summed E-state index contributed by atoms with van der Waals surface area (Å²) in [5.74, 6) is -0.383. The average Bonchev–Trinajstić information content (AvgIpc) is 2.86. The van der Waals surface area contributed by atoms with Crippen LogP contribution in [0, 0.1) is 0 Å². The van der Waals surface area contributed by atoms with E-state index in [2.05, 4.69) is 20.9 Å². The van der Waals surface area contributed by atoms with Crippen LogP contribution in [0.1, 0.15) is 29.0 Å². The van der Waals surface area contributed by atoms with Gasteiger partial charge in [0.25, 0.3) is 0 Å². The summed E-state index contributed by atoms with van der Waals surface area (Å²) in [4.78, 5) is 15.6. The molecule has 1 atom stereocenters. The van der Waals surface area contributed by atoms with E-state index in [0.717, 1.165) is 10.0 Å². The van der Waals surface area contributed by atoms with Gasteiger partial charge >= 0.3 is 5.97 Å². The molecule has 0 aliphatic rings. The Morgan fingerprint density at radius 3 is 2.83 bits per heavy atom. The van der Waals surface area contributed by atoms with Gasteiger partial charge in [0.15, 0.2) is 0 Å². The summed E-state index contributed by atoms with van der Waals surface area (Å²) in [7, 11) is 1.36. The number of nitrogens with zero attached hydrogens (tertiary/aromatic N) is 2. The molecule has 1 aromatic heterocycles. The fourth-order valence-electron chi connectivity index (χ4n) is 1.84. The molecule has 0 aliphatic carbocycles. The summed E-state index contributed by atoms with van der Waals surface area (Å²) < 4.78 is 7.54.